The van der Waals surface area contributed by atoms with Gasteiger partial charge < -0.3 is 10.3 Å². The number of nitrogens with two attached hydrogens (primary N) is 1. The first-order valence-corrected chi connectivity index (χ1v) is 6.66. The number of rotatable bonds is 2. The van der Waals surface area contributed by atoms with Crippen molar-refractivity contribution in [1.29, 1.82) is 0 Å². The van der Waals surface area contributed by atoms with Gasteiger partial charge in [0.2, 0.25) is 0 Å². The van der Waals surface area contributed by atoms with E-state index in [0.29, 0.717) is 0 Å². The highest BCUT2D eigenvalue weighted by molar-refractivity contribution is 6.31. The Morgan fingerprint density at radius 3 is 2.94 bits per heavy atom. The van der Waals surface area contributed by atoms with Crippen LogP contribution in [-0.2, 0) is 13.0 Å². The summed E-state index contributed by atoms with van der Waals surface area (Å²) in [6.07, 6.45) is 3.35. The van der Waals surface area contributed by atoms with E-state index >= 15 is 0 Å². The van der Waals surface area contributed by atoms with Gasteiger partial charge in [-0.25, -0.2) is 0 Å². The summed E-state index contributed by atoms with van der Waals surface area (Å²) in [7, 11) is 0. The third-order valence-electron chi connectivity index (χ3n) is 3.78. The summed E-state index contributed by atoms with van der Waals surface area (Å²) in [5.74, 6) is 0. The van der Waals surface area contributed by atoms with Gasteiger partial charge in [-0.15, -0.1) is 12.4 Å². The maximum atomic E-state index is 6.27. The van der Waals surface area contributed by atoms with Crippen molar-refractivity contribution >= 4 is 34.9 Å². The van der Waals surface area contributed by atoms with Crippen LogP contribution >= 0.6 is 24.0 Å². The van der Waals surface area contributed by atoms with Crippen LogP contribution in [0, 0.1) is 0 Å². The second-order valence-corrected chi connectivity index (χ2v) is 5.23. The molecule has 18 heavy (non-hydrogen) atoms. The molecule has 1 aliphatic heterocycles. The molecule has 4 heteroatoms. The molecule has 0 saturated heterocycles. The van der Waals surface area contributed by atoms with Crippen LogP contribution in [-0.4, -0.2) is 4.57 Å². The molecule has 1 aromatic carbocycles. The third-order valence-corrected chi connectivity index (χ3v) is 4.02. The molecule has 2 N–H and O–H groups in total. The second kappa shape index (κ2) is 5.12. The average molecular weight is 285 g/mol. The van der Waals surface area contributed by atoms with E-state index in [1.807, 2.05) is 6.07 Å². The standard InChI is InChI=1S/C14H17ClN2.ClH/c1-2-11(16)14-10-8-9(15)5-6-12(10)17-7-3-4-13(14)17;/h5-6,8,11H,2-4,7,16H2,1H3;1H/t11-;/m0./s1. The third kappa shape index (κ3) is 1.93. The van der Waals surface area contributed by atoms with Gasteiger partial charge in [-0.3, -0.25) is 0 Å². The van der Waals surface area contributed by atoms with Crippen LogP contribution in [0.2, 0.25) is 5.02 Å². The zero-order valence-electron chi connectivity index (χ0n) is 10.4. The monoisotopic (exact) mass is 284 g/mol. The van der Waals surface area contributed by atoms with Gasteiger partial charge in [0.15, 0.2) is 0 Å². The van der Waals surface area contributed by atoms with E-state index in [-0.39, 0.29) is 18.4 Å². The van der Waals surface area contributed by atoms with Crippen molar-refractivity contribution in [2.45, 2.75) is 38.8 Å². The Bertz CT molecular complexity index is 575. The van der Waals surface area contributed by atoms with Gasteiger partial charge in [-0.2, -0.15) is 0 Å². The summed E-state index contributed by atoms with van der Waals surface area (Å²) < 4.78 is 2.41. The first-order valence-electron chi connectivity index (χ1n) is 6.28. The summed E-state index contributed by atoms with van der Waals surface area (Å²) in [6.45, 7) is 3.25. The normalized spacial score (nSPS) is 15.5. The maximum Gasteiger partial charge on any atom is 0.0487 e. The van der Waals surface area contributed by atoms with E-state index in [9.17, 15) is 0 Å². The van der Waals surface area contributed by atoms with Crippen LogP contribution in [0.3, 0.4) is 0 Å². The topological polar surface area (TPSA) is 30.9 Å². The van der Waals surface area contributed by atoms with Gasteiger partial charge in [0.25, 0.3) is 0 Å². The van der Waals surface area contributed by atoms with Crippen molar-refractivity contribution in [3.8, 4) is 0 Å². The fourth-order valence-corrected chi connectivity index (χ4v) is 3.13. The molecule has 0 saturated carbocycles. The van der Waals surface area contributed by atoms with Gasteiger partial charge in [0.05, 0.1) is 0 Å². The molecule has 2 aromatic rings. The lowest BCUT2D eigenvalue weighted by Crippen LogP contribution is -2.10. The molecular weight excluding hydrogens is 267 g/mol. The van der Waals surface area contributed by atoms with Gasteiger partial charge in [-0.1, -0.05) is 18.5 Å². The highest BCUT2D eigenvalue weighted by Crippen LogP contribution is 2.36. The van der Waals surface area contributed by atoms with Crippen molar-refractivity contribution in [3.05, 3.63) is 34.5 Å². The molecule has 0 spiro atoms. The second-order valence-electron chi connectivity index (χ2n) is 4.79. The minimum absolute atomic E-state index is 0. The zero-order valence-corrected chi connectivity index (χ0v) is 12.0. The fourth-order valence-electron chi connectivity index (χ4n) is 2.95. The minimum atomic E-state index is 0. The molecule has 0 amide bonds. The highest BCUT2D eigenvalue weighted by Gasteiger charge is 2.23. The molecule has 2 heterocycles. The number of aromatic nitrogens is 1. The van der Waals surface area contributed by atoms with E-state index < -0.39 is 0 Å². The number of hydrogen-bond acceptors (Lipinski definition) is 1. The molecular formula is C14H18Cl2N2. The van der Waals surface area contributed by atoms with Gasteiger partial charge in [-0.05, 0) is 43.0 Å². The largest absolute Gasteiger partial charge is 0.344 e. The molecule has 0 bridgehead atoms. The summed E-state index contributed by atoms with van der Waals surface area (Å²) in [4.78, 5) is 0. The molecule has 0 unspecified atom stereocenters. The van der Waals surface area contributed by atoms with Crippen LogP contribution in [0.1, 0.15) is 37.1 Å². The Labute approximate surface area is 119 Å². The summed E-state index contributed by atoms with van der Waals surface area (Å²) in [6, 6.07) is 6.28. The molecule has 0 radical (unpaired) electrons. The Kier molecular flexibility index (Phi) is 3.90. The molecule has 1 aromatic heterocycles. The van der Waals surface area contributed by atoms with Crippen molar-refractivity contribution in [1.82, 2.24) is 4.57 Å². The Morgan fingerprint density at radius 1 is 1.44 bits per heavy atom. The van der Waals surface area contributed by atoms with Crippen molar-refractivity contribution in [2.24, 2.45) is 5.73 Å². The Hall–Kier alpha value is -0.700. The Morgan fingerprint density at radius 2 is 2.22 bits per heavy atom. The minimum Gasteiger partial charge on any atom is -0.344 e. The number of fused-ring (bicyclic) bond motifs is 3. The first-order chi connectivity index (χ1) is 8.22. The predicted molar refractivity (Wildman–Crippen MR) is 79.7 cm³/mol. The van der Waals surface area contributed by atoms with Crippen LogP contribution in [0.5, 0.6) is 0 Å². The van der Waals surface area contributed by atoms with Gasteiger partial charge in [0, 0.05) is 34.2 Å². The number of nitrogens with zero attached hydrogens (tertiary/aromatic N) is 1. The number of aryl methyl sites for hydroxylation is 1. The number of halogens is 2. The lowest BCUT2D eigenvalue weighted by Gasteiger charge is -2.10. The molecule has 1 atom stereocenters. The van der Waals surface area contributed by atoms with Crippen LogP contribution in [0.15, 0.2) is 18.2 Å². The van der Waals surface area contributed by atoms with E-state index in [0.717, 1.165) is 24.4 Å². The van der Waals surface area contributed by atoms with E-state index in [2.05, 4.69) is 23.6 Å². The highest BCUT2D eigenvalue weighted by atomic mass is 35.5. The van der Waals surface area contributed by atoms with E-state index in [1.54, 1.807) is 0 Å². The number of hydrogen-bond donors (Lipinski definition) is 1. The van der Waals surface area contributed by atoms with Crippen molar-refractivity contribution in [2.75, 3.05) is 0 Å². The number of benzene rings is 1. The van der Waals surface area contributed by atoms with E-state index in [4.69, 9.17) is 17.3 Å². The SMILES string of the molecule is CC[C@H](N)c1c2n(c3ccc(Cl)cc13)CCC2.Cl. The zero-order chi connectivity index (χ0) is 12.0. The van der Waals surface area contributed by atoms with Crippen molar-refractivity contribution in [3.63, 3.8) is 0 Å². The molecule has 98 valence electrons. The Balaban J connectivity index is 0.00000120. The van der Waals surface area contributed by atoms with Gasteiger partial charge >= 0.3 is 0 Å². The van der Waals surface area contributed by atoms with Crippen LogP contribution in [0.25, 0.3) is 10.9 Å². The van der Waals surface area contributed by atoms with Crippen molar-refractivity contribution < 1.29 is 0 Å². The van der Waals surface area contributed by atoms with Crippen LogP contribution < -0.4 is 5.73 Å². The smallest absolute Gasteiger partial charge is 0.0487 e. The molecule has 1 aliphatic rings. The average Bonchev–Trinajstić information content (AvgIpc) is 2.87. The van der Waals surface area contributed by atoms with Gasteiger partial charge in [0.1, 0.15) is 0 Å². The molecule has 2 nitrogen and oxygen atoms in total. The molecule has 0 aliphatic carbocycles. The van der Waals surface area contributed by atoms with E-state index in [1.165, 1.54) is 28.6 Å². The lowest BCUT2D eigenvalue weighted by atomic mass is 10.00. The lowest BCUT2D eigenvalue weighted by molar-refractivity contribution is 0.693. The predicted octanol–water partition coefficient (Wildman–Crippen LogP) is 4.07. The first kappa shape index (κ1) is 13.7. The maximum absolute atomic E-state index is 6.27. The quantitative estimate of drug-likeness (QED) is 0.885. The summed E-state index contributed by atoms with van der Waals surface area (Å²) in [5, 5.41) is 2.05. The molecule has 0 fully saturated rings. The van der Waals surface area contributed by atoms with Crippen LogP contribution in [0.4, 0.5) is 0 Å². The fraction of sp³-hybridized carbons (Fsp3) is 0.429. The summed E-state index contributed by atoms with van der Waals surface area (Å²) in [5.41, 5.74) is 10.3. The molecule has 3 rings (SSSR count). The summed E-state index contributed by atoms with van der Waals surface area (Å²) >= 11 is 6.11.